The second kappa shape index (κ2) is 6.05. The van der Waals surface area contributed by atoms with Crippen LogP contribution in [0.25, 0.3) is 0 Å². The highest BCUT2D eigenvalue weighted by Gasteiger charge is 2.30. The molecule has 0 aromatic carbocycles. The van der Waals surface area contributed by atoms with Crippen molar-refractivity contribution in [3.05, 3.63) is 24.4 Å². The third-order valence-electron chi connectivity index (χ3n) is 3.18. The Kier molecular flexibility index (Phi) is 4.42. The van der Waals surface area contributed by atoms with Crippen LogP contribution in [-0.4, -0.2) is 21.3 Å². The first-order chi connectivity index (χ1) is 8.27. The molecule has 1 aromatic rings. The maximum absolute atomic E-state index is 11.3. The summed E-state index contributed by atoms with van der Waals surface area (Å²) in [5, 5.41) is 10.4. The lowest BCUT2D eigenvalue weighted by Gasteiger charge is -2.20. The van der Waals surface area contributed by atoms with Crippen LogP contribution in [0.5, 0.6) is 0 Å². The first-order valence-corrected chi connectivity index (χ1v) is 6.96. The van der Waals surface area contributed by atoms with Gasteiger partial charge in [0.05, 0.1) is 10.9 Å². The highest BCUT2D eigenvalue weighted by molar-refractivity contribution is 7.99. The van der Waals surface area contributed by atoms with Crippen molar-refractivity contribution in [2.24, 2.45) is 5.92 Å². The van der Waals surface area contributed by atoms with Crippen LogP contribution in [0, 0.1) is 5.92 Å². The molecule has 0 amide bonds. The Hall–Kier alpha value is -1.03. The summed E-state index contributed by atoms with van der Waals surface area (Å²) in [5.41, 5.74) is 0. The van der Waals surface area contributed by atoms with Gasteiger partial charge in [-0.05, 0) is 25.0 Å². The van der Waals surface area contributed by atoms with Gasteiger partial charge >= 0.3 is 5.97 Å². The van der Waals surface area contributed by atoms with Crippen molar-refractivity contribution in [1.82, 2.24) is 4.98 Å². The zero-order chi connectivity index (χ0) is 12.1. The Labute approximate surface area is 106 Å². The molecule has 1 aromatic heterocycles. The molecule has 3 nitrogen and oxygen atoms in total. The summed E-state index contributed by atoms with van der Waals surface area (Å²) in [6.45, 7) is 0. The molecule has 4 heteroatoms. The van der Waals surface area contributed by atoms with E-state index in [1.807, 2.05) is 18.2 Å². The normalized spacial score (nSPS) is 25.2. The van der Waals surface area contributed by atoms with Crippen LogP contribution < -0.4 is 0 Å². The second-order valence-electron chi connectivity index (χ2n) is 4.41. The molecule has 1 fully saturated rings. The van der Waals surface area contributed by atoms with Gasteiger partial charge in [0.15, 0.2) is 0 Å². The zero-order valence-electron chi connectivity index (χ0n) is 9.71. The maximum atomic E-state index is 11.3. The molecular weight excluding hydrogens is 234 g/mol. The number of hydrogen-bond acceptors (Lipinski definition) is 3. The third-order valence-corrected chi connectivity index (χ3v) is 4.53. The van der Waals surface area contributed by atoms with E-state index in [1.165, 1.54) is 0 Å². The number of aromatic nitrogens is 1. The maximum Gasteiger partial charge on any atom is 0.307 e. The fraction of sp³-hybridized carbons (Fsp3) is 0.538. The van der Waals surface area contributed by atoms with E-state index < -0.39 is 5.97 Å². The van der Waals surface area contributed by atoms with Gasteiger partial charge in [-0.3, -0.25) is 4.79 Å². The molecule has 1 saturated carbocycles. The summed E-state index contributed by atoms with van der Waals surface area (Å²) in [6.07, 6.45) is 6.88. The smallest absolute Gasteiger partial charge is 0.307 e. The van der Waals surface area contributed by atoms with Gasteiger partial charge in [0.1, 0.15) is 0 Å². The Morgan fingerprint density at radius 2 is 2.12 bits per heavy atom. The van der Waals surface area contributed by atoms with E-state index >= 15 is 0 Å². The second-order valence-corrected chi connectivity index (χ2v) is 5.67. The monoisotopic (exact) mass is 251 g/mol. The number of aliphatic carboxylic acids is 1. The van der Waals surface area contributed by atoms with Crippen LogP contribution in [-0.2, 0) is 4.79 Å². The van der Waals surface area contributed by atoms with Gasteiger partial charge in [0, 0.05) is 11.4 Å². The van der Waals surface area contributed by atoms with Crippen LogP contribution in [0.4, 0.5) is 0 Å². The van der Waals surface area contributed by atoms with Crippen molar-refractivity contribution >= 4 is 17.7 Å². The van der Waals surface area contributed by atoms with E-state index in [1.54, 1.807) is 18.0 Å². The van der Waals surface area contributed by atoms with Crippen molar-refractivity contribution in [1.29, 1.82) is 0 Å². The van der Waals surface area contributed by atoms with Crippen LogP contribution in [0.2, 0.25) is 0 Å². The van der Waals surface area contributed by atoms with E-state index in [-0.39, 0.29) is 11.2 Å². The van der Waals surface area contributed by atoms with E-state index in [4.69, 9.17) is 0 Å². The SMILES string of the molecule is O=C(O)C1CCCCCC1Sc1ccccn1. The van der Waals surface area contributed by atoms with Gasteiger partial charge in [0.25, 0.3) is 0 Å². The van der Waals surface area contributed by atoms with Crippen LogP contribution in [0.1, 0.15) is 32.1 Å². The van der Waals surface area contributed by atoms with Crippen molar-refractivity contribution in [3.8, 4) is 0 Å². The molecule has 17 heavy (non-hydrogen) atoms. The number of hydrogen-bond donors (Lipinski definition) is 1. The summed E-state index contributed by atoms with van der Waals surface area (Å²) >= 11 is 1.62. The molecule has 92 valence electrons. The molecule has 0 aliphatic heterocycles. The molecule has 0 bridgehead atoms. The van der Waals surface area contributed by atoms with Crippen molar-refractivity contribution < 1.29 is 9.90 Å². The van der Waals surface area contributed by atoms with E-state index in [2.05, 4.69) is 4.98 Å². The number of carbonyl (C=O) groups is 1. The summed E-state index contributed by atoms with van der Waals surface area (Å²) in [4.78, 5) is 15.5. The van der Waals surface area contributed by atoms with Crippen LogP contribution in [0.3, 0.4) is 0 Å². The number of carboxylic acids is 1. The molecule has 2 atom stereocenters. The minimum Gasteiger partial charge on any atom is -0.481 e. The first kappa shape index (κ1) is 12.4. The van der Waals surface area contributed by atoms with Gasteiger partial charge in [0.2, 0.25) is 0 Å². The summed E-state index contributed by atoms with van der Waals surface area (Å²) < 4.78 is 0. The average Bonchev–Trinajstić information content (AvgIpc) is 2.56. The summed E-state index contributed by atoms with van der Waals surface area (Å²) in [7, 11) is 0. The predicted molar refractivity (Wildman–Crippen MR) is 68.1 cm³/mol. The molecule has 2 unspecified atom stereocenters. The first-order valence-electron chi connectivity index (χ1n) is 6.08. The van der Waals surface area contributed by atoms with Crippen molar-refractivity contribution in [2.75, 3.05) is 0 Å². The number of carboxylic acid groups (broad SMARTS) is 1. The summed E-state index contributed by atoms with van der Waals surface area (Å²) in [6, 6.07) is 5.78. The Morgan fingerprint density at radius 1 is 1.29 bits per heavy atom. The lowest BCUT2D eigenvalue weighted by molar-refractivity contribution is -0.141. The Morgan fingerprint density at radius 3 is 2.82 bits per heavy atom. The van der Waals surface area contributed by atoms with Gasteiger partial charge in [-0.25, -0.2) is 4.98 Å². The highest BCUT2D eigenvalue weighted by atomic mass is 32.2. The standard InChI is InChI=1S/C13H17NO2S/c15-13(16)10-6-2-1-3-7-11(10)17-12-8-4-5-9-14-12/h4-5,8-11H,1-3,6-7H2,(H,15,16). The van der Waals surface area contributed by atoms with E-state index in [0.29, 0.717) is 0 Å². The molecule has 0 saturated heterocycles. The van der Waals surface area contributed by atoms with Crippen LogP contribution >= 0.6 is 11.8 Å². The van der Waals surface area contributed by atoms with E-state index in [0.717, 1.165) is 37.1 Å². The lowest BCUT2D eigenvalue weighted by atomic mass is 10.0. The number of nitrogens with zero attached hydrogens (tertiary/aromatic N) is 1. The predicted octanol–water partition coefficient (Wildman–Crippen LogP) is 3.21. The molecule has 1 aliphatic rings. The highest BCUT2D eigenvalue weighted by Crippen LogP contribution is 2.35. The van der Waals surface area contributed by atoms with Crippen molar-refractivity contribution in [3.63, 3.8) is 0 Å². The van der Waals surface area contributed by atoms with Gasteiger partial charge in [-0.2, -0.15) is 0 Å². The largest absolute Gasteiger partial charge is 0.481 e. The van der Waals surface area contributed by atoms with Gasteiger partial charge in [-0.1, -0.05) is 25.3 Å². The molecule has 1 heterocycles. The molecular formula is C13H17NO2S. The fourth-order valence-corrected chi connectivity index (χ4v) is 3.56. The minimum absolute atomic E-state index is 0.171. The molecule has 0 radical (unpaired) electrons. The molecule has 2 rings (SSSR count). The molecule has 0 spiro atoms. The Bertz CT molecular complexity index is 369. The number of rotatable bonds is 3. The average molecular weight is 251 g/mol. The van der Waals surface area contributed by atoms with Crippen LogP contribution in [0.15, 0.2) is 29.4 Å². The fourth-order valence-electron chi connectivity index (χ4n) is 2.27. The molecule has 1 N–H and O–H groups in total. The Balaban J connectivity index is 2.07. The van der Waals surface area contributed by atoms with E-state index in [9.17, 15) is 9.90 Å². The third kappa shape index (κ3) is 3.46. The number of thioether (sulfide) groups is 1. The minimum atomic E-state index is -0.652. The lowest BCUT2D eigenvalue weighted by Crippen LogP contribution is -2.24. The van der Waals surface area contributed by atoms with Gasteiger partial charge < -0.3 is 5.11 Å². The zero-order valence-corrected chi connectivity index (χ0v) is 10.5. The van der Waals surface area contributed by atoms with Gasteiger partial charge in [-0.15, -0.1) is 11.8 Å². The topological polar surface area (TPSA) is 50.2 Å². The summed E-state index contributed by atoms with van der Waals surface area (Å²) in [5.74, 6) is -0.871. The number of pyridine rings is 1. The quantitative estimate of drug-likeness (QED) is 0.838. The molecule has 1 aliphatic carbocycles. The van der Waals surface area contributed by atoms with Crippen molar-refractivity contribution in [2.45, 2.75) is 42.4 Å².